The van der Waals surface area contributed by atoms with Gasteiger partial charge in [-0.25, -0.2) is 0 Å². The van der Waals surface area contributed by atoms with Crippen molar-refractivity contribution in [3.05, 3.63) is 24.3 Å². The largest absolute Gasteiger partial charge is 0.466 e. The van der Waals surface area contributed by atoms with E-state index in [0.717, 1.165) is 44.9 Å². The predicted octanol–water partition coefficient (Wildman–Crippen LogP) is 21.8. The highest BCUT2D eigenvalue weighted by molar-refractivity contribution is 5.76. The summed E-state index contributed by atoms with van der Waals surface area (Å²) in [6, 6.07) is -0.627. The number of amides is 1. The standard InChI is InChI=1S/C69H133NO5/c1-3-5-7-9-11-13-15-16-17-18-19-20-26-29-32-35-38-42-45-49-53-57-61-67(72)66(65-71)70-68(73)62-58-54-50-46-43-39-36-33-30-27-24-22-21-23-25-28-31-34-37-40-44-48-52-56-60-64-75-69(74)63-59-55-51-47-41-14-12-10-8-6-4-2/h10,12,57,61,66-67,71-72H,3-9,11,13-56,58-60,62-65H2,1-2H3,(H,70,73)/b12-10-,61-57+. The molecule has 0 heterocycles. The number of esters is 1. The topological polar surface area (TPSA) is 95.9 Å². The number of ether oxygens (including phenoxy) is 1. The van der Waals surface area contributed by atoms with Gasteiger partial charge in [-0.1, -0.05) is 340 Å². The van der Waals surface area contributed by atoms with Crippen molar-refractivity contribution in [2.45, 2.75) is 392 Å². The summed E-state index contributed by atoms with van der Waals surface area (Å²) in [4.78, 5) is 24.5. The van der Waals surface area contributed by atoms with Crippen molar-refractivity contribution < 1.29 is 24.5 Å². The molecule has 0 aromatic carbocycles. The molecule has 0 bridgehead atoms. The minimum absolute atomic E-state index is 0.00540. The Balaban J connectivity index is 3.40. The Morgan fingerprint density at radius 3 is 0.987 bits per heavy atom. The van der Waals surface area contributed by atoms with E-state index in [4.69, 9.17) is 4.74 Å². The highest BCUT2D eigenvalue weighted by atomic mass is 16.5. The van der Waals surface area contributed by atoms with E-state index in [1.807, 2.05) is 6.08 Å². The van der Waals surface area contributed by atoms with Gasteiger partial charge in [0.15, 0.2) is 0 Å². The Labute approximate surface area is 469 Å². The van der Waals surface area contributed by atoms with Crippen LogP contribution in [-0.2, 0) is 14.3 Å². The third-order valence-corrected chi connectivity index (χ3v) is 16.0. The zero-order valence-electron chi connectivity index (χ0n) is 50.8. The summed E-state index contributed by atoms with van der Waals surface area (Å²) in [5.74, 6) is -0.0569. The van der Waals surface area contributed by atoms with Crippen LogP contribution in [0, 0.1) is 0 Å². The molecule has 0 aromatic rings. The number of nitrogens with one attached hydrogen (secondary N) is 1. The van der Waals surface area contributed by atoms with Gasteiger partial charge in [0, 0.05) is 12.8 Å². The second kappa shape index (κ2) is 64.9. The van der Waals surface area contributed by atoms with Gasteiger partial charge in [0.2, 0.25) is 5.91 Å². The van der Waals surface area contributed by atoms with Crippen molar-refractivity contribution in [1.29, 1.82) is 0 Å². The van der Waals surface area contributed by atoms with Crippen LogP contribution in [0.1, 0.15) is 380 Å². The lowest BCUT2D eigenvalue weighted by Gasteiger charge is -2.20. The van der Waals surface area contributed by atoms with Crippen LogP contribution < -0.4 is 5.32 Å². The molecule has 0 aromatic heterocycles. The molecule has 0 saturated heterocycles. The molecular formula is C69H133NO5. The van der Waals surface area contributed by atoms with Crippen molar-refractivity contribution in [2.75, 3.05) is 13.2 Å². The lowest BCUT2D eigenvalue weighted by molar-refractivity contribution is -0.143. The molecule has 2 atom stereocenters. The van der Waals surface area contributed by atoms with Gasteiger partial charge in [0.05, 0.1) is 25.4 Å². The summed E-state index contributed by atoms with van der Waals surface area (Å²) in [5, 5.41) is 23.3. The number of unbranched alkanes of at least 4 members (excludes halogenated alkanes) is 51. The van der Waals surface area contributed by atoms with Crippen LogP contribution in [0.2, 0.25) is 0 Å². The van der Waals surface area contributed by atoms with Crippen molar-refractivity contribution in [3.63, 3.8) is 0 Å². The lowest BCUT2D eigenvalue weighted by Crippen LogP contribution is -2.45. The van der Waals surface area contributed by atoms with E-state index in [0.29, 0.717) is 19.4 Å². The average Bonchev–Trinajstić information content (AvgIpc) is 3.41. The van der Waals surface area contributed by atoms with E-state index in [9.17, 15) is 19.8 Å². The van der Waals surface area contributed by atoms with Gasteiger partial charge < -0.3 is 20.3 Å². The van der Waals surface area contributed by atoms with Gasteiger partial charge in [-0.15, -0.1) is 0 Å². The van der Waals surface area contributed by atoms with E-state index >= 15 is 0 Å². The first-order chi connectivity index (χ1) is 37.0. The molecule has 0 aliphatic carbocycles. The van der Waals surface area contributed by atoms with Gasteiger partial charge in [-0.2, -0.15) is 0 Å². The molecule has 0 aliphatic rings. The van der Waals surface area contributed by atoms with Crippen LogP contribution in [-0.4, -0.2) is 47.4 Å². The zero-order valence-corrected chi connectivity index (χ0v) is 50.8. The molecule has 0 aliphatic heterocycles. The van der Waals surface area contributed by atoms with Gasteiger partial charge >= 0.3 is 5.97 Å². The maximum absolute atomic E-state index is 12.5. The Bertz CT molecular complexity index is 1170. The number of allylic oxidation sites excluding steroid dienone is 3. The van der Waals surface area contributed by atoms with Crippen LogP contribution in [0.5, 0.6) is 0 Å². The Morgan fingerprint density at radius 2 is 0.640 bits per heavy atom. The highest BCUT2D eigenvalue weighted by Gasteiger charge is 2.18. The molecular weight excluding hydrogens is 923 g/mol. The SMILES string of the molecule is CCCC/C=C\CCCCCCCC(=O)OCCCCCCCCCCCCCCCCCCCCCCCCCCCC(=O)NC(CO)C(O)/C=C/CCCCCCCCCCCCCCCCCCCCCC. The molecule has 6 heteroatoms. The number of hydrogen-bond acceptors (Lipinski definition) is 5. The average molecular weight is 1060 g/mol. The van der Waals surface area contributed by atoms with Crippen LogP contribution >= 0.6 is 0 Å². The van der Waals surface area contributed by atoms with Crippen molar-refractivity contribution >= 4 is 11.9 Å². The Hall–Kier alpha value is -1.66. The minimum atomic E-state index is -0.844. The fraction of sp³-hybridized carbons (Fsp3) is 0.913. The van der Waals surface area contributed by atoms with Gasteiger partial charge in [-0.05, 0) is 51.4 Å². The zero-order chi connectivity index (χ0) is 54.3. The van der Waals surface area contributed by atoms with Crippen LogP contribution in [0.15, 0.2) is 24.3 Å². The molecule has 6 nitrogen and oxygen atoms in total. The highest BCUT2D eigenvalue weighted by Crippen LogP contribution is 2.19. The van der Waals surface area contributed by atoms with E-state index in [1.165, 1.54) is 308 Å². The Morgan fingerprint density at radius 1 is 0.360 bits per heavy atom. The fourth-order valence-corrected chi connectivity index (χ4v) is 10.7. The minimum Gasteiger partial charge on any atom is -0.466 e. The van der Waals surface area contributed by atoms with E-state index in [-0.39, 0.29) is 18.5 Å². The van der Waals surface area contributed by atoms with E-state index in [1.54, 1.807) is 6.08 Å². The number of rotatable bonds is 64. The predicted molar refractivity (Wildman–Crippen MR) is 329 cm³/mol. The molecule has 2 unspecified atom stereocenters. The molecule has 444 valence electrons. The van der Waals surface area contributed by atoms with Crippen LogP contribution in [0.4, 0.5) is 0 Å². The summed E-state index contributed by atoms with van der Waals surface area (Å²) in [5.41, 5.74) is 0. The first-order valence-corrected chi connectivity index (χ1v) is 34.1. The molecule has 75 heavy (non-hydrogen) atoms. The number of aliphatic hydroxyl groups is 2. The monoisotopic (exact) mass is 1060 g/mol. The van der Waals surface area contributed by atoms with E-state index in [2.05, 4.69) is 31.3 Å². The van der Waals surface area contributed by atoms with E-state index < -0.39 is 12.1 Å². The molecule has 0 saturated carbocycles. The molecule has 0 fully saturated rings. The van der Waals surface area contributed by atoms with Crippen LogP contribution in [0.3, 0.4) is 0 Å². The summed E-state index contributed by atoms with van der Waals surface area (Å²) in [6.07, 6.45) is 81.0. The smallest absolute Gasteiger partial charge is 0.305 e. The van der Waals surface area contributed by atoms with Crippen molar-refractivity contribution in [2.24, 2.45) is 0 Å². The lowest BCUT2D eigenvalue weighted by atomic mass is 10.0. The Kier molecular flexibility index (Phi) is 63.4. The van der Waals surface area contributed by atoms with Gasteiger partial charge in [-0.3, -0.25) is 9.59 Å². The summed E-state index contributed by atoms with van der Waals surface area (Å²) in [7, 11) is 0. The quantitative estimate of drug-likeness (QED) is 0.0320. The second-order valence-electron chi connectivity index (χ2n) is 23.5. The number of carbonyl (C=O) groups is 2. The van der Waals surface area contributed by atoms with Gasteiger partial charge in [0.25, 0.3) is 0 Å². The molecule has 0 rings (SSSR count). The first kappa shape index (κ1) is 73.3. The third kappa shape index (κ3) is 61.4. The fourth-order valence-electron chi connectivity index (χ4n) is 10.7. The summed E-state index contributed by atoms with van der Waals surface area (Å²) in [6.45, 7) is 4.90. The van der Waals surface area contributed by atoms with Crippen LogP contribution in [0.25, 0.3) is 0 Å². The van der Waals surface area contributed by atoms with Crippen molar-refractivity contribution in [1.82, 2.24) is 5.32 Å². The number of aliphatic hydroxyl groups excluding tert-OH is 2. The third-order valence-electron chi connectivity index (χ3n) is 16.0. The maximum atomic E-state index is 12.5. The molecule has 3 N–H and O–H groups in total. The molecule has 0 spiro atoms. The normalized spacial score (nSPS) is 12.6. The summed E-state index contributed by atoms with van der Waals surface area (Å²) < 4.78 is 5.46. The molecule has 0 radical (unpaired) electrons. The second-order valence-corrected chi connectivity index (χ2v) is 23.5. The summed E-state index contributed by atoms with van der Waals surface area (Å²) >= 11 is 0. The van der Waals surface area contributed by atoms with Gasteiger partial charge in [0.1, 0.15) is 0 Å². The first-order valence-electron chi connectivity index (χ1n) is 34.1. The number of carbonyl (C=O) groups excluding carboxylic acids is 2. The maximum Gasteiger partial charge on any atom is 0.305 e. The van der Waals surface area contributed by atoms with Crippen molar-refractivity contribution in [3.8, 4) is 0 Å². The molecule has 1 amide bonds. The number of hydrogen-bond donors (Lipinski definition) is 3.